The van der Waals surface area contributed by atoms with Gasteiger partial charge in [0.15, 0.2) is 0 Å². The molecule has 1 rings (SSSR count). The minimum Gasteiger partial charge on any atom is -0.396 e. The Morgan fingerprint density at radius 2 is 2.29 bits per heavy atom. The number of nitriles is 1. The fourth-order valence-corrected chi connectivity index (χ4v) is 1.86. The molecule has 1 aromatic rings. The minimum absolute atomic E-state index is 0.0631. The van der Waals surface area contributed by atoms with Crippen LogP contribution in [-0.4, -0.2) is 11.7 Å². The Morgan fingerprint density at radius 3 is 2.79 bits per heavy atom. The Balaban J connectivity index is 2.95. The van der Waals surface area contributed by atoms with Crippen LogP contribution in [0, 0.1) is 11.3 Å². The third-order valence-corrected chi connectivity index (χ3v) is 2.66. The summed E-state index contributed by atoms with van der Waals surface area (Å²) in [6.45, 7) is 0.0631. The van der Waals surface area contributed by atoms with E-state index in [9.17, 15) is 0 Å². The molecule has 0 spiro atoms. The molecule has 0 saturated carbocycles. The summed E-state index contributed by atoms with van der Waals surface area (Å²) in [5.74, 6) is 0. The molecule has 0 aliphatic heterocycles. The molecular formula is C10H11BrN2O. The van der Waals surface area contributed by atoms with E-state index in [4.69, 9.17) is 16.1 Å². The molecule has 0 heterocycles. The van der Waals surface area contributed by atoms with Crippen LogP contribution in [0.4, 0.5) is 0 Å². The van der Waals surface area contributed by atoms with Gasteiger partial charge in [-0.05, 0) is 24.1 Å². The molecular weight excluding hydrogens is 244 g/mol. The Hall–Kier alpha value is -0.890. The summed E-state index contributed by atoms with van der Waals surface area (Å²) in [6.07, 6.45) is 0.518. The van der Waals surface area contributed by atoms with Crippen molar-refractivity contribution in [3.8, 4) is 6.07 Å². The van der Waals surface area contributed by atoms with Crippen molar-refractivity contribution < 1.29 is 5.11 Å². The summed E-state index contributed by atoms with van der Waals surface area (Å²) in [5, 5.41) is 17.4. The summed E-state index contributed by atoms with van der Waals surface area (Å²) in [5.41, 5.74) is 7.33. The lowest BCUT2D eigenvalue weighted by Crippen LogP contribution is -2.12. The lowest BCUT2D eigenvalue weighted by Gasteiger charge is -2.12. The van der Waals surface area contributed by atoms with E-state index in [0.29, 0.717) is 12.0 Å². The molecule has 74 valence electrons. The number of nitrogens with two attached hydrogens (primary N) is 1. The maximum absolute atomic E-state index is 8.74. The highest BCUT2D eigenvalue weighted by Crippen LogP contribution is 2.24. The summed E-state index contributed by atoms with van der Waals surface area (Å²) in [4.78, 5) is 0. The molecule has 0 fully saturated rings. The van der Waals surface area contributed by atoms with Crippen LogP contribution in [0.25, 0.3) is 0 Å². The molecule has 0 aromatic heterocycles. The van der Waals surface area contributed by atoms with Crippen molar-refractivity contribution in [3.63, 3.8) is 0 Å². The third-order valence-electron chi connectivity index (χ3n) is 1.97. The van der Waals surface area contributed by atoms with Gasteiger partial charge in [-0.2, -0.15) is 5.26 Å². The molecule has 0 unspecified atom stereocenters. The Labute approximate surface area is 91.3 Å². The lowest BCUT2D eigenvalue weighted by molar-refractivity contribution is 0.276. The van der Waals surface area contributed by atoms with Crippen LogP contribution in [0.3, 0.4) is 0 Å². The minimum atomic E-state index is -0.192. The second kappa shape index (κ2) is 5.11. The van der Waals surface area contributed by atoms with E-state index in [1.807, 2.05) is 12.1 Å². The van der Waals surface area contributed by atoms with Crippen LogP contribution in [0.1, 0.15) is 23.6 Å². The van der Waals surface area contributed by atoms with Gasteiger partial charge in [0, 0.05) is 17.1 Å². The number of aliphatic hydroxyl groups excluding tert-OH is 1. The summed E-state index contributed by atoms with van der Waals surface area (Å²) >= 11 is 3.35. The zero-order valence-electron chi connectivity index (χ0n) is 7.57. The van der Waals surface area contributed by atoms with Crippen LogP contribution in [0.5, 0.6) is 0 Å². The Kier molecular flexibility index (Phi) is 4.08. The maximum atomic E-state index is 8.74. The topological polar surface area (TPSA) is 70.0 Å². The Morgan fingerprint density at radius 1 is 1.57 bits per heavy atom. The van der Waals surface area contributed by atoms with Crippen molar-refractivity contribution in [1.29, 1.82) is 5.26 Å². The molecule has 1 atom stereocenters. The molecule has 1 aromatic carbocycles. The fourth-order valence-electron chi connectivity index (χ4n) is 1.19. The van der Waals surface area contributed by atoms with Crippen LogP contribution in [-0.2, 0) is 0 Å². The highest BCUT2D eigenvalue weighted by atomic mass is 79.9. The highest BCUT2D eigenvalue weighted by Gasteiger charge is 2.09. The van der Waals surface area contributed by atoms with E-state index in [1.54, 1.807) is 12.1 Å². The van der Waals surface area contributed by atoms with Crippen LogP contribution in [0.15, 0.2) is 22.7 Å². The van der Waals surface area contributed by atoms with Gasteiger partial charge in [0.25, 0.3) is 0 Å². The molecule has 3 nitrogen and oxygen atoms in total. The van der Waals surface area contributed by atoms with Gasteiger partial charge in [0.2, 0.25) is 0 Å². The van der Waals surface area contributed by atoms with Gasteiger partial charge < -0.3 is 10.8 Å². The molecule has 0 aliphatic rings. The van der Waals surface area contributed by atoms with Gasteiger partial charge in [-0.3, -0.25) is 0 Å². The molecule has 4 heteroatoms. The quantitative estimate of drug-likeness (QED) is 0.863. The van der Waals surface area contributed by atoms with Gasteiger partial charge in [-0.15, -0.1) is 0 Å². The fraction of sp³-hybridized carbons (Fsp3) is 0.300. The molecule has 0 amide bonds. The van der Waals surface area contributed by atoms with Crippen molar-refractivity contribution >= 4 is 15.9 Å². The zero-order valence-corrected chi connectivity index (χ0v) is 9.16. The highest BCUT2D eigenvalue weighted by molar-refractivity contribution is 9.10. The van der Waals surface area contributed by atoms with Crippen molar-refractivity contribution in [2.24, 2.45) is 5.73 Å². The Bertz CT molecular complexity index is 360. The zero-order chi connectivity index (χ0) is 10.6. The predicted molar refractivity (Wildman–Crippen MR) is 57.5 cm³/mol. The number of rotatable bonds is 3. The first-order valence-corrected chi connectivity index (χ1v) is 5.04. The second-order valence-electron chi connectivity index (χ2n) is 2.97. The number of nitrogens with zero attached hydrogens (tertiary/aromatic N) is 1. The van der Waals surface area contributed by atoms with E-state index in [2.05, 4.69) is 15.9 Å². The van der Waals surface area contributed by atoms with Crippen LogP contribution < -0.4 is 5.73 Å². The van der Waals surface area contributed by atoms with E-state index < -0.39 is 0 Å². The van der Waals surface area contributed by atoms with Gasteiger partial charge in [-0.25, -0.2) is 0 Å². The summed E-state index contributed by atoms with van der Waals surface area (Å²) in [6, 6.07) is 7.11. The first kappa shape index (κ1) is 11.2. The first-order valence-electron chi connectivity index (χ1n) is 4.25. The van der Waals surface area contributed by atoms with Gasteiger partial charge in [0.05, 0.1) is 11.6 Å². The van der Waals surface area contributed by atoms with Crippen LogP contribution >= 0.6 is 15.9 Å². The third kappa shape index (κ3) is 2.55. The number of hydrogen-bond acceptors (Lipinski definition) is 3. The predicted octanol–water partition coefficient (Wildman–Crippen LogP) is 1.70. The lowest BCUT2D eigenvalue weighted by atomic mass is 10.0. The molecule has 3 N–H and O–H groups in total. The molecule has 0 aliphatic carbocycles. The largest absolute Gasteiger partial charge is 0.396 e. The molecule has 14 heavy (non-hydrogen) atoms. The van der Waals surface area contributed by atoms with E-state index in [-0.39, 0.29) is 12.6 Å². The van der Waals surface area contributed by atoms with Gasteiger partial charge >= 0.3 is 0 Å². The number of halogens is 1. The number of aliphatic hydroxyl groups is 1. The van der Waals surface area contributed by atoms with Crippen molar-refractivity contribution in [1.82, 2.24) is 0 Å². The van der Waals surface area contributed by atoms with Crippen molar-refractivity contribution in [3.05, 3.63) is 33.8 Å². The first-order chi connectivity index (χ1) is 6.69. The average molecular weight is 255 g/mol. The van der Waals surface area contributed by atoms with Crippen LogP contribution in [0.2, 0.25) is 0 Å². The standard InChI is InChI=1S/C10H11BrN2O/c11-9-5-7(6-12)1-2-8(9)10(13)3-4-14/h1-2,5,10,14H,3-4,13H2/t10-/m1/s1. The second-order valence-corrected chi connectivity index (χ2v) is 3.82. The smallest absolute Gasteiger partial charge is 0.0992 e. The van der Waals surface area contributed by atoms with E-state index >= 15 is 0 Å². The SMILES string of the molecule is N#Cc1ccc([C@H](N)CCO)c(Br)c1. The number of hydrogen-bond donors (Lipinski definition) is 2. The average Bonchev–Trinajstić information content (AvgIpc) is 2.17. The molecule has 0 radical (unpaired) electrons. The van der Waals surface area contributed by atoms with Gasteiger partial charge in [0.1, 0.15) is 0 Å². The maximum Gasteiger partial charge on any atom is 0.0992 e. The van der Waals surface area contributed by atoms with E-state index in [1.165, 1.54) is 0 Å². The monoisotopic (exact) mass is 254 g/mol. The van der Waals surface area contributed by atoms with Crippen molar-refractivity contribution in [2.75, 3.05) is 6.61 Å². The normalized spacial score (nSPS) is 12.1. The van der Waals surface area contributed by atoms with E-state index in [0.717, 1.165) is 10.0 Å². The summed E-state index contributed by atoms with van der Waals surface area (Å²) in [7, 11) is 0. The molecule has 0 saturated heterocycles. The van der Waals surface area contributed by atoms with Gasteiger partial charge in [-0.1, -0.05) is 22.0 Å². The number of benzene rings is 1. The molecule has 0 bridgehead atoms. The summed E-state index contributed by atoms with van der Waals surface area (Å²) < 4.78 is 0.817. The van der Waals surface area contributed by atoms with Crippen molar-refractivity contribution in [2.45, 2.75) is 12.5 Å².